The summed E-state index contributed by atoms with van der Waals surface area (Å²) in [5.74, 6) is -0.152. The number of amides is 1. The first-order valence-corrected chi connectivity index (χ1v) is 11.5. The van der Waals surface area contributed by atoms with Gasteiger partial charge in [-0.15, -0.1) is 0 Å². The minimum Gasteiger partial charge on any atom is -0.448 e. The van der Waals surface area contributed by atoms with Crippen LogP contribution in [-0.2, 0) is 11.3 Å². The predicted octanol–water partition coefficient (Wildman–Crippen LogP) is 3.45. The highest BCUT2D eigenvalue weighted by Gasteiger charge is 2.38. The lowest BCUT2D eigenvalue weighted by Crippen LogP contribution is -2.58. The summed E-state index contributed by atoms with van der Waals surface area (Å²) in [6.07, 6.45) is 11.2. The lowest BCUT2D eigenvalue weighted by Gasteiger charge is -2.48. The van der Waals surface area contributed by atoms with Crippen LogP contribution in [0.25, 0.3) is 22.1 Å². The summed E-state index contributed by atoms with van der Waals surface area (Å²) >= 11 is 0. The van der Waals surface area contributed by atoms with Gasteiger partial charge in [-0.25, -0.2) is 4.98 Å². The van der Waals surface area contributed by atoms with Crippen LogP contribution >= 0.6 is 0 Å². The van der Waals surface area contributed by atoms with Crippen molar-refractivity contribution in [2.45, 2.75) is 63.5 Å². The molecule has 31 heavy (non-hydrogen) atoms. The molecule has 5 rings (SSSR count). The van der Waals surface area contributed by atoms with Crippen LogP contribution in [0.4, 0.5) is 0 Å². The van der Waals surface area contributed by atoms with E-state index in [-0.39, 0.29) is 29.1 Å². The van der Waals surface area contributed by atoms with Crippen LogP contribution in [0.5, 0.6) is 0 Å². The normalized spacial score (nSPS) is 19.6. The smallest absolute Gasteiger partial charge is 0.297 e. The van der Waals surface area contributed by atoms with Gasteiger partial charge in [0.15, 0.2) is 0 Å². The van der Waals surface area contributed by atoms with Crippen molar-refractivity contribution < 1.29 is 9.21 Å². The number of carbonyl (C=O) groups is 1. The van der Waals surface area contributed by atoms with Gasteiger partial charge in [-0.1, -0.05) is 37.8 Å². The number of fused-ring (bicyclic) bond motifs is 3. The first-order valence-electron chi connectivity index (χ1n) is 11.5. The van der Waals surface area contributed by atoms with Gasteiger partial charge in [-0.3, -0.25) is 19.1 Å². The number of hydrogen-bond acceptors (Lipinski definition) is 5. The number of aromatic nitrogens is 2. The molecule has 1 N–H and O–H groups in total. The number of benzene rings is 1. The average molecular weight is 423 g/mol. The maximum Gasteiger partial charge on any atom is 0.297 e. The van der Waals surface area contributed by atoms with E-state index in [0.717, 1.165) is 31.3 Å². The minimum absolute atomic E-state index is 0.0467. The number of rotatable bonds is 5. The molecule has 3 aromatic rings. The van der Waals surface area contributed by atoms with Gasteiger partial charge in [0.2, 0.25) is 11.5 Å². The van der Waals surface area contributed by atoms with E-state index in [0.29, 0.717) is 17.6 Å². The maximum absolute atomic E-state index is 12.9. The fraction of sp³-hybridized carbons (Fsp3) is 0.542. The van der Waals surface area contributed by atoms with E-state index in [1.54, 1.807) is 0 Å². The number of furan rings is 1. The Bertz CT molecular complexity index is 1140. The second-order valence-electron chi connectivity index (χ2n) is 9.06. The molecule has 1 aliphatic heterocycles. The Kier molecular flexibility index (Phi) is 5.52. The Balaban J connectivity index is 1.31. The number of nitrogens with zero attached hydrogens (tertiary/aromatic N) is 3. The van der Waals surface area contributed by atoms with Crippen molar-refractivity contribution in [3.05, 3.63) is 40.9 Å². The molecule has 3 heterocycles. The van der Waals surface area contributed by atoms with Crippen molar-refractivity contribution in [2.75, 3.05) is 19.6 Å². The molecule has 1 amide bonds. The summed E-state index contributed by atoms with van der Waals surface area (Å²) in [6.45, 7) is 2.86. The number of likely N-dealkylation sites (tertiary alicyclic amines) is 1. The van der Waals surface area contributed by atoms with Crippen LogP contribution in [0.1, 0.15) is 51.4 Å². The molecule has 1 aromatic carbocycles. The second-order valence-corrected chi connectivity index (χ2v) is 9.06. The van der Waals surface area contributed by atoms with Crippen LogP contribution in [0.15, 0.2) is 39.8 Å². The molecule has 1 saturated carbocycles. The zero-order chi connectivity index (χ0) is 21.3. The van der Waals surface area contributed by atoms with E-state index in [9.17, 15) is 9.59 Å². The van der Waals surface area contributed by atoms with Gasteiger partial charge in [0.05, 0.1) is 6.33 Å². The van der Waals surface area contributed by atoms with Gasteiger partial charge in [-0.2, -0.15) is 0 Å². The number of hydrogen-bond donors (Lipinski definition) is 1. The summed E-state index contributed by atoms with van der Waals surface area (Å²) in [6, 6.07) is 7.45. The molecule has 0 unspecified atom stereocenters. The molecule has 2 fully saturated rings. The fourth-order valence-electron chi connectivity index (χ4n) is 5.38. The van der Waals surface area contributed by atoms with Crippen molar-refractivity contribution in [2.24, 2.45) is 0 Å². The Morgan fingerprint density at radius 1 is 1.06 bits per heavy atom. The molecular formula is C24H30N4O3. The van der Waals surface area contributed by atoms with Crippen LogP contribution in [0.3, 0.4) is 0 Å². The molecular weight excluding hydrogens is 392 g/mol. The molecule has 7 heteroatoms. The zero-order valence-electron chi connectivity index (χ0n) is 17.9. The summed E-state index contributed by atoms with van der Waals surface area (Å²) in [4.78, 5) is 32.7. The van der Waals surface area contributed by atoms with E-state index in [2.05, 4.69) is 15.2 Å². The van der Waals surface area contributed by atoms with Gasteiger partial charge in [0.1, 0.15) is 17.6 Å². The maximum atomic E-state index is 12.9. The van der Waals surface area contributed by atoms with Crippen molar-refractivity contribution >= 4 is 28.0 Å². The Morgan fingerprint density at radius 3 is 2.61 bits per heavy atom. The number of nitrogens with one attached hydrogen (secondary N) is 1. The fourth-order valence-corrected chi connectivity index (χ4v) is 5.38. The highest BCUT2D eigenvalue weighted by atomic mass is 16.3. The first-order chi connectivity index (χ1) is 15.2. The van der Waals surface area contributed by atoms with E-state index in [1.807, 2.05) is 24.3 Å². The lowest BCUT2D eigenvalue weighted by atomic mass is 9.79. The number of carbonyl (C=O) groups excluding carboxylic acids is 1. The monoisotopic (exact) mass is 422 g/mol. The average Bonchev–Trinajstić information content (AvgIpc) is 3.20. The number of para-hydroxylation sites is 1. The molecule has 164 valence electrons. The zero-order valence-corrected chi connectivity index (χ0v) is 17.9. The van der Waals surface area contributed by atoms with Crippen LogP contribution in [0.2, 0.25) is 0 Å². The SMILES string of the molecule is O=C(Cn1cnc2c(oc3ccccc32)c1=O)NCC1(N2CCCCC2)CCCCC1. The minimum atomic E-state index is -0.320. The van der Waals surface area contributed by atoms with Crippen molar-refractivity contribution in [3.8, 4) is 0 Å². The summed E-state index contributed by atoms with van der Waals surface area (Å²) in [7, 11) is 0. The number of piperidine rings is 1. The van der Waals surface area contributed by atoms with Crippen molar-refractivity contribution in [1.29, 1.82) is 0 Å². The molecule has 2 aromatic heterocycles. The summed E-state index contributed by atoms with van der Waals surface area (Å²) in [5, 5.41) is 3.95. The Hall–Kier alpha value is -2.67. The van der Waals surface area contributed by atoms with E-state index < -0.39 is 0 Å². The Morgan fingerprint density at radius 2 is 1.81 bits per heavy atom. The molecule has 1 saturated heterocycles. The van der Waals surface area contributed by atoms with Crippen LogP contribution in [-0.4, -0.2) is 45.5 Å². The third kappa shape index (κ3) is 3.87. The Labute approximate surface area is 181 Å². The quantitative estimate of drug-likeness (QED) is 0.681. The molecule has 0 atom stereocenters. The summed E-state index contributed by atoms with van der Waals surface area (Å²) < 4.78 is 7.06. The van der Waals surface area contributed by atoms with Gasteiger partial charge in [0.25, 0.3) is 5.56 Å². The third-order valence-corrected chi connectivity index (χ3v) is 7.09. The molecule has 2 aliphatic rings. The van der Waals surface area contributed by atoms with Crippen molar-refractivity contribution in [1.82, 2.24) is 19.8 Å². The topological polar surface area (TPSA) is 80.4 Å². The third-order valence-electron chi connectivity index (χ3n) is 7.09. The van der Waals surface area contributed by atoms with Crippen molar-refractivity contribution in [3.63, 3.8) is 0 Å². The second kappa shape index (κ2) is 8.46. The molecule has 0 radical (unpaired) electrons. The molecule has 0 bridgehead atoms. The molecule has 1 aliphatic carbocycles. The van der Waals surface area contributed by atoms with Gasteiger partial charge >= 0.3 is 0 Å². The molecule has 7 nitrogen and oxygen atoms in total. The standard InChI is InChI=1S/C24H30N4O3/c29-20(25-16-24(11-5-1-6-12-24)28-13-7-2-8-14-28)15-27-17-26-21-18-9-3-4-10-19(18)31-22(21)23(27)30/h3-4,9-10,17H,1-2,5-8,11-16H2,(H,25,29). The highest BCUT2D eigenvalue weighted by Crippen LogP contribution is 2.35. The lowest BCUT2D eigenvalue weighted by molar-refractivity contribution is -0.122. The largest absolute Gasteiger partial charge is 0.448 e. The van der Waals surface area contributed by atoms with E-state index in [4.69, 9.17) is 4.42 Å². The molecule has 0 spiro atoms. The van der Waals surface area contributed by atoms with E-state index >= 15 is 0 Å². The van der Waals surface area contributed by atoms with Gasteiger partial charge in [0, 0.05) is 17.5 Å². The van der Waals surface area contributed by atoms with E-state index in [1.165, 1.54) is 49.4 Å². The highest BCUT2D eigenvalue weighted by molar-refractivity contribution is 6.01. The van der Waals surface area contributed by atoms with Crippen LogP contribution in [0, 0.1) is 0 Å². The van der Waals surface area contributed by atoms with Gasteiger partial charge < -0.3 is 9.73 Å². The van der Waals surface area contributed by atoms with Crippen LogP contribution < -0.4 is 10.9 Å². The first kappa shape index (κ1) is 20.2. The van der Waals surface area contributed by atoms with Gasteiger partial charge in [-0.05, 0) is 50.9 Å². The summed E-state index contributed by atoms with van der Waals surface area (Å²) in [5.41, 5.74) is 1.13. The predicted molar refractivity (Wildman–Crippen MR) is 120 cm³/mol.